The monoisotopic (exact) mass is 862 g/mol. The molecule has 3 atom stereocenters. The number of allylic oxidation sites excluding steroid dienone is 2. The third-order valence-corrected chi connectivity index (χ3v) is 13.4. The maximum Gasteiger partial charge on any atom is 0.220 e. The Balaban J connectivity index is 3.50. The van der Waals surface area contributed by atoms with Gasteiger partial charge in [0.15, 0.2) is 0 Å². The van der Waals surface area contributed by atoms with Gasteiger partial charge < -0.3 is 20.6 Å². The van der Waals surface area contributed by atoms with E-state index >= 15 is 0 Å². The van der Waals surface area contributed by atoms with E-state index in [1.807, 2.05) is 0 Å². The SMILES string of the molecule is CCCCCCCCCCCCCCC/C=C/CCCC(O)C(O)C(CO)NC(=O)CCCCCCCCCCCCCCCCCCCCCCCCCCCCCCC. The van der Waals surface area contributed by atoms with Gasteiger partial charge in [0, 0.05) is 6.42 Å². The van der Waals surface area contributed by atoms with E-state index in [2.05, 4.69) is 31.3 Å². The first kappa shape index (κ1) is 60.1. The van der Waals surface area contributed by atoms with Crippen LogP contribution >= 0.6 is 0 Å². The normalized spacial score (nSPS) is 13.3. The first-order valence-electron chi connectivity index (χ1n) is 28.0. The minimum atomic E-state index is -1.16. The van der Waals surface area contributed by atoms with Crippen LogP contribution in [-0.2, 0) is 4.79 Å². The van der Waals surface area contributed by atoms with E-state index in [0.717, 1.165) is 38.5 Å². The van der Waals surface area contributed by atoms with Crippen molar-refractivity contribution in [2.75, 3.05) is 6.61 Å². The summed E-state index contributed by atoms with van der Waals surface area (Å²) in [7, 11) is 0. The molecule has 0 spiro atoms. The molecule has 0 aromatic rings. The van der Waals surface area contributed by atoms with Gasteiger partial charge in [-0.25, -0.2) is 0 Å². The highest BCUT2D eigenvalue weighted by Gasteiger charge is 2.26. The fourth-order valence-corrected chi connectivity index (χ4v) is 9.05. The third kappa shape index (κ3) is 46.9. The second-order valence-corrected chi connectivity index (χ2v) is 19.5. The molecule has 5 heteroatoms. The number of hydrogen-bond donors (Lipinski definition) is 4. The Morgan fingerprint density at radius 1 is 0.393 bits per heavy atom. The molecule has 0 aliphatic heterocycles. The zero-order valence-corrected chi connectivity index (χ0v) is 41.6. The van der Waals surface area contributed by atoms with Gasteiger partial charge in [0.1, 0.15) is 6.10 Å². The van der Waals surface area contributed by atoms with Gasteiger partial charge in [-0.15, -0.1) is 0 Å². The van der Waals surface area contributed by atoms with E-state index in [0.29, 0.717) is 12.8 Å². The molecule has 0 bridgehead atoms. The van der Waals surface area contributed by atoms with Crippen molar-refractivity contribution in [3.63, 3.8) is 0 Å². The average molecular weight is 863 g/mol. The fraction of sp³-hybridized carbons (Fsp3) is 0.946. The molecule has 364 valence electrons. The lowest BCUT2D eigenvalue weighted by atomic mass is 10.0. The van der Waals surface area contributed by atoms with Gasteiger partial charge in [0.05, 0.1) is 18.8 Å². The summed E-state index contributed by atoms with van der Waals surface area (Å²) in [6.07, 6.45) is 63.7. The lowest BCUT2D eigenvalue weighted by molar-refractivity contribution is -0.124. The zero-order chi connectivity index (χ0) is 44.4. The number of aliphatic hydroxyl groups excluding tert-OH is 3. The molecule has 5 nitrogen and oxygen atoms in total. The van der Waals surface area contributed by atoms with Crippen molar-refractivity contribution in [1.82, 2.24) is 5.32 Å². The Labute approximate surface area is 382 Å². The molecule has 0 aliphatic rings. The molecule has 4 N–H and O–H groups in total. The van der Waals surface area contributed by atoms with Crippen molar-refractivity contribution < 1.29 is 20.1 Å². The summed E-state index contributed by atoms with van der Waals surface area (Å²) in [6.45, 7) is 4.21. The van der Waals surface area contributed by atoms with E-state index in [1.54, 1.807) is 0 Å². The second-order valence-electron chi connectivity index (χ2n) is 19.5. The van der Waals surface area contributed by atoms with Gasteiger partial charge in [0.25, 0.3) is 0 Å². The molecule has 0 heterocycles. The van der Waals surface area contributed by atoms with Crippen LogP contribution < -0.4 is 5.32 Å². The summed E-state index contributed by atoms with van der Waals surface area (Å²) in [5.74, 6) is -0.147. The lowest BCUT2D eigenvalue weighted by Gasteiger charge is -2.26. The Hall–Kier alpha value is -0.910. The van der Waals surface area contributed by atoms with Crippen LogP contribution in [0.1, 0.15) is 316 Å². The van der Waals surface area contributed by atoms with Crippen molar-refractivity contribution in [1.29, 1.82) is 0 Å². The molecule has 0 aromatic carbocycles. The molecular formula is C56H111NO4. The highest BCUT2D eigenvalue weighted by Crippen LogP contribution is 2.18. The summed E-state index contributed by atoms with van der Waals surface area (Å²) in [5.41, 5.74) is 0. The van der Waals surface area contributed by atoms with Gasteiger partial charge in [0.2, 0.25) is 5.91 Å². The average Bonchev–Trinajstić information content (AvgIpc) is 3.26. The summed E-state index contributed by atoms with van der Waals surface area (Å²) in [4.78, 5) is 12.5. The molecule has 0 aromatic heterocycles. The molecule has 0 saturated heterocycles. The quantitative estimate of drug-likeness (QED) is 0.0362. The van der Waals surface area contributed by atoms with Gasteiger partial charge in [-0.3, -0.25) is 4.79 Å². The minimum absolute atomic E-state index is 0.147. The topological polar surface area (TPSA) is 89.8 Å². The van der Waals surface area contributed by atoms with Crippen LogP contribution in [0.4, 0.5) is 0 Å². The Morgan fingerprint density at radius 3 is 0.951 bits per heavy atom. The van der Waals surface area contributed by atoms with Gasteiger partial charge in [-0.05, 0) is 38.5 Å². The highest BCUT2D eigenvalue weighted by molar-refractivity contribution is 5.76. The van der Waals surface area contributed by atoms with Crippen molar-refractivity contribution in [3.8, 4) is 0 Å². The molecule has 0 radical (unpaired) electrons. The summed E-state index contributed by atoms with van der Waals surface area (Å²) >= 11 is 0. The predicted octanol–water partition coefficient (Wildman–Crippen LogP) is 17.1. The maximum absolute atomic E-state index is 12.5. The third-order valence-electron chi connectivity index (χ3n) is 13.4. The smallest absolute Gasteiger partial charge is 0.220 e. The number of nitrogens with one attached hydrogen (secondary N) is 1. The predicted molar refractivity (Wildman–Crippen MR) is 269 cm³/mol. The first-order valence-corrected chi connectivity index (χ1v) is 28.0. The molecule has 0 rings (SSSR count). The van der Waals surface area contributed by atoms with Crippen LogP contribution in [-0.4, -0.2) is 46.1 Å². The number of unbranched alkanes of at least 4 members (excludes halogenated alkanes) is 42. The van der Waals surface area contributed by atoms with Crippen LogP contribution in [0.3, 0.4) is 0 Å². The highest BCUT2D eigenvalue weighted by atomic mass is 16.3. The Bertz CT molecular complexity index is 864. The second kappa shape index (κ2) is 51.7. The molecule has 61 heavy (non-hydrogen) atoms. The molecule has 1 amide bonds. The number of carbonyl (C=O) groups is 1. The van der Waals surface area contributed by atoms with Crippen molar-refractivity contribution in [2.45, 2.75) is 334 Å². The van der Waals surface area contributed by atoms with Crippen LogP contribution in [0.2, 0.25) is 0 Å². The van der Waals surface area contributed by atoms with Gasteiger partial charge in [-0.1, -0.05) is 283 Å². The zero-order valence-electron chi connectivity index (χ0n) is 41.6. The fourth-order valence-electron chi connectivity index (χ4n) is 9.05. The van der Waals surface area contributed by atoms with E-state index in [-0.39, 0.29) is 12.5 Å². The number of carbonyl (C=O) groups excluding carboxylic acids is 1. The largest absolute Gasteiger partial charge is 0.394 e. The minimum Gasteiger partial charge on any atom is -0.394 e. The van der Waals surface area contributed by atoms with Crippen molar-refractivity contribution in [2.24, 2.45) is 0 Å². The lowest BCUT2D eigenvalue weighted by Crippen LogP contribution is -2.50. The van der Waals surface area contributed by atoms with Gasteiger partial charge in [-0.2, -0.15) is 0 Å². The number of amides is 1. The van der Waals surface area contributed by atoms with E-state index < -0.39 is 18.2 Å². The molecular weight excluding hydrogens is 751 g/mol. The first-order chi connectivity index (χ1) is 30.1. The number of aliphatic hydroxyl groups is 3. The van der Waals surface area contributed by atoms with E-state index in [9.17, 15) is 20.1 Å². The number of hydrogen-bond acceptors (Lipinski definition) is 4. The number of rotatable bonds is 52. The summed E-state index contributed by atoms with van der Waals surface area (Å²) in [6, 6.07) is -0.822. The molecule has 3 unspecified atom stereocenters. The Kier molecular flexibility index (Phi) is 51.0. The van der Waals surface area contributed by atoms with Crippen LogP contribution in [0.5, 0.6) is 0 Å². The van der Waals surface area contributed by atoms with Gasteiger partial charge >= 0.3 is 0 Å². The van der Waals surface area contributed by atoms with Crippen molar-refractivity contribution in [3.05, 3.63) is 12.2 Å². The van der Waals surface area contributed by atoms with Crippen LogP contribution in [0.25, 0.3) is 0 Å². The summed E-state index contributed by atoms with van der Waals surface area (Å²) in [5, 5.41) is 33.7. The molecule has 0 aliphatic carbocycles. The summed E-state index contributed by atoms with van der Waals surface area (Å²) < 4.78 is 0. The van der Waals surface area contributed by atoms with Crippen molar-refractivity contribution >= 4 is 5.91 Å². The van der Waals surface area contributed by atoms with Crippen LogP contribution in [0.15, 0.2) is 12.2 Å². The van der Waals surface area contributed by atoms with Crippen LogP contribution in [0, 0.1) is 0 Å². The Morgan fingerprint density at radius 2 is 0.656 bits per heavy atom. The maximum atomic E-state index is 12.5. The molecule has 0 fully saturated rings. The van der Waals surface area contributed by atoms with E-state index in [1.165, 1.54) is 250 Å². The standard InChI is InChI=1S/C56H111NO4/c1-3-5-7-9-11-13-15-17-19-21-23-24-25-26-27-28-29-30-31-32-33-35-37-39-41-43-45-47-49-51-55(60)57-53(52-58)56(61)54(59)50-48-46-44-42-40-38-36-34-22-20-18-16-14-12-10-8-6-4-2/h42,44,53-54,56,58-59,61H,3-41,43,45-52H2,1-2H3,(H,57,60)/b44-42+. The van der Waals surface area contributed by atoms with E-state index in [4.69, 9.17) is 0 Å². The molecule has 0 saturated carbocycles.